The van der Waals surface area contributed by atoms with Gasteiger partial charge in [0.25, 0.3) is 0 Å². The van der Waals surface area contributed by atoms with Gasteiger partial charge in [0.05, 0.1) is 0 Å². The molecular weight excluding hydrogens is 160 g/mol. The van der Waals surface area contributed by atoms with Gasteiger partial charge >= 0.3 is 0 Å². The van der Waals surface area contributed by atoms with E-state index in [2.05, 4.69) is 11.6 Å². The normalized spacial score (nSPS) is 9.85. The fourth-order valence-electron chi connectivity index (χ4n) is 1.27. The second kappa shape index (κ2) is 3.27. The van der Waals surface area contributed by atoms with Crippen molar-refractivity contribution in [3.05, 3.63) is 55.1 Å². The minimum atomic E-state index is 0.867. The summed E-state index contributed by atoms with van der Waals surface area (Å²) in [6, 6.07) is 10.1. The third-order valence-corrected chi connectivity index (χ3v) is 1.89. The van der Waals surface area contributed by atoms with E-state index in [0.717, 1.165) is 11.5 Å². The van der Waals surface area contributed by atoms with Gasteiger partial charge in [0, 0.05) is 18.1 Å². The van der Waals surface area contributed by atoms with Crippen molar-refractivity contribution in [2.24, 2.45) is 0 Å². The first-order valence-corrected chi connectivity index (χ1v) is 4.13. The predicted molar refractivity (Wildman–Crippen MR) is 53.7 cm³/mol. The van der Waals surface area contributed by atoms with Crippen LogP contribution in [0.1, 0.15) is 5.82 Å². The molecule has 0 saturated carbocycles. The van der Waals surface area contributed by atoms with Crippen LogP contribution in [-0.4, -0.2) is 9.55 Å². The smallest absolute Gasteiger partial charge is 0.136 e. The first kappa shape index (κ1) is 7.80. The maximum absolute atomic E-state index is 4.16. The molecule has 1 aromatic carbocycles. The highest BCUT2D eigenvalue weighted by Gasteiger charge is 1.98. The number of rotatable bonds is 2. The third kappa shape index (κ3) is 1.38. The van der Waals surface area contributed by atoms with Gasteiger partial charge in [-0.25, -0.2) is 4.98 Å². The van der Waals surface area contributed by atoms with Crippen LogP contribution in [0.2, 0.25) is 0 Å². The Bertz CT molecular complexity index is 401. The Hall–Kier alpha value is -1.83. The molecule has 0 spiro atoms. The Kier molecular flexibility index (Phi) is 1.96. The topological polar surface area (TPSA) is 17.8 Å². The van der Waals surface area contributed by atoms with E-state index in [1.807, 2.05) is 41.1 Å². The first-order valence-electron chi connectivity index (χ1n) is 4.13. The van der Waals surface area contributed by atoms with Crippen LogP contribution in [0, 0.1) is 0 Å². The van der Waals surface area contributed by atoms with E-state index in [0.29, 0.717) is 0 Å². The maximum Gasteiger partial charge on any atom is 0.136 e. The summed E-state index contributed by atoms with van der Waals surface area (Å²) in [4.78, 5) is 4.16. The minimum Gasteiger partial charge on any atom is -0.300 e. The molecule has 0 aliphatic heterocycles. The molecule has 2 heteroatoms. The number of nitrogens with zero attached hydrogens (tertiary/aromatic N) is 2. The summed E-state index contributed by atoms with van der Waals surface area (Å²) < 4.78 is 1.99. The fraction of sp³-hybridized carbons (Fsp3) is 0. The highest BCUT2D eigenvalue weighted by atomic mass is 15.1. The lowest BCUT2D eigenvalue weighted by molar-refractivity contribution is 1.03. The number of imidazole rings is 1. The van der Waals surface area contributed by atoms with Gasteiger partial charge < -0.3 is 4.57 Å². The average molecular weight is 170 g/mol. The van der Waals surface area contributed by atoms with Crippen molar-refractivity contribution in [2.45, 2.75) is 0 Å². The van der Waals surface area contributed by atoms with Gasteiger partial charge in [0.2, 0.25) is 0 Å². The van der Waals surface area contributed by atoms with Crippen molar-refractivity contribution in [2.75, 3.05) is 0 Å². The van der Waals surface area contributed by atoms with Crippen LogP contribution < -0.4 is 0 Å². The summed E-state index contributed by atoms with van der Waals surface area (Å²) in [5, 5.41) is 0. The largest absolute Gasteiger partial charge is 0.300 e. The Morgan fingerprint density at radius 1 is 1.23 bits per heavy atom. The predicted octanol–water partition coefficient (Wildman–Crippen LogP) is 2.52. The summed E-state index contributed by atoms with van der Waals surface area (Å²) in [5.74, 6) is 0.867. The van der Waals surface area contributed by atoms with Crippen molar-refractivity contribution < 1.29 is 0 Å². The highest BCUT2D eigenvalue weighted by molar-refractivity contribution is 5.43. The van der Waals surface area contributed by atoms with E-state index >= 15 is 0 Å². The molecule has 13 heavy (non-hydrogen) atoms. The zero-order valence-corrected chi connectivity index (χ0v) is 7.22. The van der Waals surface area contributed by atoms with Gasteiger partial charge in [-0.2, -0.15) is 0 Å². The van der Waals surface area contributed by atoms with E-state index in [1.165, 1.54) is 0 Å². The number of hydrogen-bond donors (Lipinski definition) is 0. The van der Waals surface area contributed by atoms with Gasteiger partial charge in [-0.15, -0.1) is 0 Å². The van der Waals surface area contributed by atoms with Crippen LogP contribution >= 0.6 is 0 Å². The van der Waals surface area contributed by atoms with Gasteiger partial charge in [0.1, 0.15) is 5.82 Å². The van der Waals surface area contributed by atoms with Crippen molar-refractivity contribution >= 4 is 6.08 Å². The number of benzene rings is 1. The second-order valence-corrected chi connectivity index (χ2v) is 2.70. The lowest BCUT2D eigenvalue weighted by Crippen LogP contribution is -1.94. The monoisotopic (exact) mass is 170 g/mol. The fourth-order valence-corrected chi connectivity index (χ4v) is 1.27. The number of para-hydroxylation sites is 1. The number of aromatic nitrogens is 2. The summed E-state index contributed by atoms with van der Waals surface area (Å²) in [6.07, 6.45) is 5.43. The summed E-state index contributed by atoms with van der Waals surface area (Å²) in [6.45, 7) is 3.71. The van der Waals surface area contributed by atoms with Gasteiger partial charge in [-0.3, -0.25) is 0 Å². The molecule has 0 radical (unpaired) electrons. The molecule has 1 aromatic heterocycles. The molecule has 0 aliphatic carbocycles. The average Bonchev–Trinajstić information content (AvgIpc) is 2.67. The Balaban J connectivity index is 2.52. The zero-order chi connectivity index (χ0) is 9.10. The molecule has 2 aromatic rings. The molecule has 0 bridgehead atoms. The van der Waals surface area contributed by atoms with Crippen LogP contribution in [-0.2, 0) is 0 Å². The van der Waals surface area contributed by atoms with Crippen LogP contribution in [0.4, 0.5) is 0 Å². The van der Waals surface area contributed by atoms with Crippen molar-refractivity contribution in [3.8, 4) is 5.69 Å². The maximum atomic E-state index is 4.16. The van der Waals surface area contributed by atoms with Crippen molar-refractivity contribution in [3.63, 3.8) is 0 Å². The van der Waals surface area contributed by atoms with E-state index in [4.69, 9.17) is 0 Å². The molecule has 0 amide bonds. The molecule has 1 heterocycles. The standard InChI is InChI=1S/C11H10N2/c1-2-11-12-8-9-13(11)10-6-4-3-5-7-10/h2-9H,1H2. The van der Waals surface area contributed by atoms with E-state index in [-0.39, 0.29) is 0 Å². The molecule has 0 unspecified atom stereocenters. The molecule has 2 nitrogen and oxygen atoms in total. The highest BCUT2D eigenvalue weighted by Crippen LogP contribution is 2.10. The SMILES string of the molecule is C=Cc1nccn1-c1ccccc1. The van der Waals surface area contributed by atoms with Crippen LogP contribution in [0.5, 0.6) is 0 Å². The van der Waals surface area contributed by atoms with Gasteiger partial charge in [-0.05, 0) is 18.2 Å². The third-order valence-electron chi connectivity index (χ3n) is 1.89. The molecule has 0 aliphatic rings. The summed E-state index contributed by atoms with van der Waals surface area (Å²) in [7, 11) is 0. The van der Waals surface area contributed by atoms with Crippen molar-refractivity contribution in [1.82, 2.24) is 9.55 Å². The van der Waals surface area contributed by atoms with Crippen LogP contribution in [0.15, 0.2) is 49.3 Å². The van der Waals surface area contributed by atoms with E-state index < -0.39 is 0 Å². The summed E-state index contributed by atoms with van der Waals surface area (Å²) >= 11 is 0. The first-order chi connectivity index (χ1) is 6.42. The molecule has 0 N–H and O–H groups in total. The number of hydrogen-bond acceptors (Lipinski definition) is 1. The zero-order valence-electron chi connectivity index (χ0n) is 7.22. The van der Waals surface area contributed by atoms with E-state index in [1.54, 1.807) is 12.3 Å². The Morgan fingerprint density at radius 3 is 2.69 bits per heavy atom. The molecule has 0 saturated heterocycles. The van der Waals surface area contributed by atoms with Crippen molar-refractivity contribution in [1.29, 1.82) is 0 Å². The van der Waals surface area contributed by atoms with Crippen LogP contribution in [0.3, 0.4) is 0 Å². The van der Waals surface area contributed by atoms with Gasteiger partial charge in [0.15, 0.2) is 0 Å². The van der Waals surface area contributed by atoms with Crippen LogP contribution in [0.25, 0.3) is 11.8 Å². The molecule has 0 atom stereocenters. The molecule has 64 valence electrons. The molecule has 0 fully saturated rings. The molecule has 2 rings (SSSR count). The lowest BCUT2D eigenvalue weighted by atomic mass is 10.3. The van der Waals surface area contributed by atoms with E-state index in [9.17, 15) is 0 Å². The van der Waals surface area contributed by atoms with Gasteiger partial charge in [-0.1, -0.05) is 24.8 Å². The Morgan fingerprint density at radius 2 is 2.00 bits per heavy atom. The second-order valence-electron chi connectivity index (χ2n) is 2.70. The lowest BCUT2D eigenvalue weighted by Gasteiger charge is -2.03. The Labute approximate surface area is 77.2 Å². The molecular formula is C11H10N2. The quantitative estimate of drug-likeness (QED) is 0.677. The summed E-state index contributed by atoms with van der Waals surface area (Å²) in [5.41, 5.74) is 1.11. The minimum absolute atomic E-state index is 0.867.